The maximum Gasteiger partial charge on any atom is 0.323 e. The Kier molecular flexibility index (Phi) is 6.74. The molecule has 2 aromatic heterocycles. The van der Waals surface area contributed by atoms with Crippen molar-refractivity contribution >= 4 is 34.9 Å². The second-order valence-corrected chi connectivity index (χ2v) is 8.85. The highest BCUT2D eigenvalue weighted by Crippen LogP contribution is 2.29. The first-order valence-corrected chi connectivity index (χ1v) is 11.4. The van der Waals surface area contributed by atoms with Crippen molar-refractivity contribution < 1.29 is 9.18 Å². The number of halogens is 1. The van der Waals surface area contributed by atoms with Gasteiger partial charge in [-0.2, -0.15) is 9.50 Å². The van der Waals surface area contributed by atoms with Crippen molar-refractivity contribution in [2.75, 3.05) is 10.6 Å². The van der Waals surface area contributed by atoms with E-state index in [1.54, 1.807) is 29.2 Å². The fourth-order valence-electron chi connectivity index (χ4n) is 3.28. The second-order valence-electron chi connectivity index (χ2n) is 7.83. The SMILES string of the molecule is CC(C)Cn1cnc2nc(CSc3ccccc3NC(=O)Nc3cccc(F)c3)cc(=O)n21. The van der Waals surface area contributed by atoms with Crippen molar-refractivity contribution in [3.8, 4) is 0 Å². The van der Waals surface area contributed by atoms with E-state index in [-0.39, 0.29) is 5.56 Å². The smallest absolute Gasteiger partial charge is 0.308 e. The highest BCUT2D eigenvalue weighted by Gasteiger charge is 2.12. The van der Waals surface area contributed by atoms with E-state index in [1.807, 2.05) is 12.1 Å². The van der Waals surface area contributed by atoms with Crippen LogP contribution in [0.15, 0.2) is 70.6 Å². The zero-order valence-corrected chi connectivity index (χ0v) is 19.0. The number of fused-ring (bicyclic) bond motifs is 1. The van der Waals surface area contributed by atoms with Gasteiger partial charge in [0.15, 0.2) is 0 Å². The molecule has 0 bridgehead atoms. The molecule has 8 nitrogen and oxygen atoms in total. The number of benzene rings is 2. The van der Waals surface area contributed by atoms with Gasteiger partial charge in [-0.1, -0.05) is 32.0 Å². The summed E-state index contributed by atoms with van der Waals surface area (Å²) in [6, 6.07) is 14.0. The van der Waals surface area contributed by atoms with Crippen molar-refractivity contribution in [1.82, 2.24) is 19.2 Å². The predicted molar refractivity (Wildman–Crippen MR) is 127 cm³/mol. The van der Waals surface area contributed by atoms with Gasteiger partial charge in [-0.15, -0.1) is 11.8 Å². The van der Waals surface area contributed by atoms with E-state index in [1.165, 1.54) is 40.5 Å². The molecule has 0 saturated carbocycles. The number of anilines is 2. The molecule has 4 rings (SSSR count). The molecule has 0 fully saturated rings. The molecule has 0 spiro atoms. The van der Waals surface area contributed by atoms with Gasteiger partial charge in [-0.05, 0) is 36.2 Å². The molecule has 2 amide bonds. The summed E-state index contributed by atoms with van der Waals surface area (Å²) in [5, 5.41) is 5.39. The number of amides is 2. The first-order chi connectivity index (χ1) is 15.9. The molecular weight excluding hydrogens is 443 g/mol. The first kappa shape index (κ1) is 22.5. The van der Waals surface area contributed by atoms with Gasteiger partial charge >= 0.3 is 6.03 Å². The Labute approximate surface area is 193 Å². The average molecular weight is 467 g/mol. The lowest BCUT2D eigenvalue weighted by Crippen LogP contribution is -2.22. The van der Waals surface area contributed by atoms with Crippen LogP contribution in [0, 0.1) is 11.7 Å². The van der Waals surface area contributed by atoms with Gasteiger partial charge in [0.05, 0.1) is 11.4 Å². The summed E-state index contributed by atoms with van der Waals surface area (Å²) in [5.74, 6) is 0.719. The Morgan fingerprint density at radius 1 is 1.12 bits per heavy atom. The molecule has 170 valence electrons. The highest BCUT2D eigenvalue weighted by molar-refractivity contribution is 7.98. The highest BCUT2D eigenvalue weighted by atomic mass is 32.2. The van der Waals surface area contributed by atoms with Crippen molar-refractivity contribution in [2.45, 2.75) is 31.0 Å². The Morgan fingerprint density at radius 2 is 1.94 bits per heavy atom. The Hall–Kier alpha value is -3.66. The minimum atomic E-state index is -0.484. The summed E-state index contributed by atoms with van der Waals surface area (Å²) in [4.78, 5) is 34.6. The Morgan fingerprint density at radius 3 is 2.73 bits per heavy atom. The van der Waals surface area contributed by atoms with Crippen LogP contribution in [0.4, 0.5) is 20.6 Å². The monoisotopic (exact) mass is 466 g/mol. The second kappa shape index (κ2) is 9.86. The van der Waals surface area contributed by atoms with Crippen LogP contribution in [0.3, 0.4) is 0 Å². The van der Waals surface area contributed by atoms with E-state index in [0.717, 1.165) is 4.90 Å². The maximum atomic E-state index is 13.3. The van der Waals surface area contributed by atoms with Gasteiger partial charge in [0, 0.05) is 28.9 Å². The lowest BCUT2D eigenvalue weighted by Gasteiger charge is -2.12. The van der Waals surface area contributed by atoms with E-state index in [0.29, 0.717) is 41.1 Å². The van der Waals surface area contributed by atoms with Crippen molar-refractivity contribution in [3.63, 3.8) is 0 Å². The number of para-hydroxylation sites is 1. The zero-order valence-electron chi connectivity index (χ0n) is 18.2. The normalized spacial score (nSPS) is 11.2. The summed E-state index contributed by atoms with van der Waals surface area (Å²) in [6.07, 6.45) is 1.62. The minimum absolute atomic E-state index is 0.186. The first-order valence-electron chi connectivity index (χ1n) is 10.4. The number of aromatic nitrogens is 4. The molecule has 0 atom stereocenters. The molecule has 0 aliphatic rings. The van der Waals surface area contributed by atoms with Crippen LogP contribution in [-0.4, -0.2) is 25.2 Å². The maximum absolute atomic E-state index is 13.3. The van der Waals surface area contributed by atoms with Gasteiger partial charge in [-0.25, -0.2) is 14.2 Å². The number of rotatable bonds is 7. The van der Waals surface area contributed by atoms with E-state index in [4.69, 9.17) is 0 Å². The standard InChI is InChI=1S/C23H23FN6O2S/c1-15(2)12-29-14-25-22-26-18(11-21(31)30(22)29)13-33-20-9-4-3-8-19(20)28-23(32)27-17-7-5-6-16(24)10-17/h3-11,14-15H,12-13H2,1-2H3,(H2,27,28,32). The summed E-state index contributed by atoms with van der Waals surface area (Å²) in [6.45, 7) is 4.81. The van der Waals surface area contributed by atoms with Crippen LogP contribution in [0.25, 0.3) is 5.78 Å². The van der Waals surface area contributed by atoms with Gasteiger partial charge in [-0.3, -0.25) is 9.48 Å². The minimum Gasteiger partial charge on any atom is -0.308 e. The largest absolute Gasteiger partial charge is 0.323 e. The third-order valence-corrected chi connectivity index (χ3v) is 5.75. The molecule has 0 aliphatic carbocycles. The van der Waals surface area contributed by atoms with Crippen molar-refractivity contribution in [1.29, 1.82) is 0 Å². The van der Waals surface area contributed by atoms with Crippen LogP contribution < -0.4 is 16.2 Å². The average Bonchev–Trinajstić information content (AvgIpc) is 3.15. The van der Waals surface area contributed by atoms with E-state index in [2.05, 4.69) is 34.4 Å². The summed E-state index contributed by atoms with van der Waals surface area (Å²) < 4.78 is 16.6. The molecule has 0 aliphatic heterocycles. The summed E-state index contributed by atoms with van der Waals surface area (Å²) >= 11 is 1.44. The number of carbonyl (C=O) groups excluding carboxylic acids is 1. The van der Waals surface area contributed by atoms with Gasteiger partial charge < -0.3 is 10.6 Å². The number of nitrogens with zero attached hydrogens (tertiary/aromatic N) is 4. The number of hydrogen-bond donors (Lipinski definition) is 2. The van der Waals surface area contributed by atoms with Crippen LogP contribution in [0.1, 0.15) is 19.5 Å². The van der Waals surface area contributed by atoms with Gasteiger partial charge in [0.1, 0.15) is 12.1 Å². The molecule has 33 heavy (non-hydrogen) atoms. The molecule has 2 heterocycles. The van der Waals surface area contributed by atoms with Crippen molar-refractivity contribution in [3.05, 3.63) is 82.8 Å². The topological polar surface area (TPSA) is 93.3 Å². The summed E-state index contributed by atoms with van der Waals surface area (Å²) in [5.41, 5.74) is 1.36. The lowest BCUT2D eigenvalue weighted by molar-refractivity contribution is 0.262. The lowest BCUT2D eigenvalue weighted by atomic mass is 10.2. The number of urea groups is 1. The molecule has 0 unspecified atom stereocenters. The number of nitrogens with one attached hydrogen (secondary N) is 2. The molecule has 0 radical (unpaired) electrons. The third-order valence-electron chi connectivity index (χ3n) is 4.64. The molecule has 10 heteroatoms. The Balaban J connectivity index is 1.46. The predicted octanol–water partition coefficient (Wildman–Crippen LogP) is 4.62. The van der Waals surface area contributed by atoms with E-state index < -0.39 is 11.8 Å². The van der Waals surface area contributed by atoms with Crippen LogP contribution >= 0.6 is 11.8 Å². The van der Waals surface area contributed by atoms with Crippen LogP contribution in [-0.2, 0) is 12.3 Å². The fourth-order valence-corrected chi connectivity index (χ4v) is 4.18. The van der Waals surface area contributed by atoms with Gasteiger partial charge in [0.25, 0.3) is 11.3 Å². The fraction of sp³-hybridized carbons (Fsp3) is 0.217. The van der Waals surface area contributed by atoms with Gasteiger partial charge in [0.2, 0.25) is 0 Å². The third kappa shape index (κ3) is 5.58. The zero-order chi connectivity index (χ0) is 23.4. The Bertz CT molecular complexity index is 1350. The molecule has 2 N–H and O–H groups in total. The number of carbonyl (C=O) groups is 1. The summed E-state index contributed by atoms with van der Waals surface area (Å²) in [7, 11) is 0. The number of thioether (sulfide) groups is 1. The van der Waals surface area contributed by atoms with Crippen LogP contribution in [0.5, 0.6) is 0 Å². The van der Waals surface area contributed by atoms with Crippen molar-refractivity contribution in [2.24, 2.45) is 5.92 Å². The van der Waals surface area contributed by atoms with E-state index >= 15 is 0 Å². The van der Waals surface area contributed by atoms with E-state index in [9.17, 15) is 14.0 Å². The molecular formula is C23H23FN6O2S. The quantitative estimate of drug-likeness (QED) is 0.388. The molecule has 0 saturated heterocycles. The number of hydrogen-bond acceptors (Lipinski definition) is 5. The molecule has 2 aromatic carbocycles. The molecule has 4 aromatic rings. The van der Waals surface area contributed by atoms with Crippen LogP contribution in [0.2, 0.25) is 0 Å².